The number of nitrogens with zero attached hydrogens (tertiary/aromatic N) is 2. The lowest BCUT2D eigenvalue weighted by Crippen LogP contribution is -2.39. The molecule has 2 aromatic rings. The molecular weight excluding hydrogens is 317 g/mol. The van der Waals surface area contributed by atoms with Gasteiger partial charge in [-0.25, -0.2) is 4.39 Å². The largest absolute Gasteiger partial charge is 0.391 e. The summed E-state index contributed by atoms with van der Waals surface area (Å²) >= 11 is 0. The highest BCUT2D eigenvalue weighted by atomic mass is 19.1. The zero-order valence-corrected chi connectivity index (χ0v) is 14.8. The van der Waals surface area contributed by atoms with Crippen LogP contribution in [0.2, 0.25) is 0 Å². The molecule has 1 unspecified atom stereocenters. The molecule has 0 saturated carbocycles. The lowest BCUT2D eigenvalue weighted by molar-refractivity contribution is 0.183. The van der Waals surface area contributed by atoms with Gasteiger partial charge in [0.2, 0.25) is 0 Å². The van der Waals surface area contributed by atoms with Crippen LogP contribution in [-0.2, 0) is 13.0 Å². The third kappa shape index (κ3) is 6.55. The summed E-state index contributed by atoms with van der Waals surface area (Å²) < 4.78 is 13.3. The standard InChI is InChI=1S/C20H26FN3O/c1-3-22-20(24(2)15-17-10-7-11-18(21)12-17)23-14-19(25)13-16-8-5-4-6-9-16/h4-12,19,25H,3,13-15H2,1-2H3,(H,22,23). The maximum absolute atomic E-state index is 13.3. The Labute approximate surface area is 149 Å². The van der Waals surface area contributed by atoms with E-state index >= 15 is 0 Å². The van der Waals surface area contributed by atoms with Crippen molar-refractivity contribution in [2.45, 2.75) is 26.0 Å². The molecule has 25 heavy (non-hydrogen) atoms. The molecule has 5 heteroatoms. The predicted molar refractivity (Wildman–Crippen MR) is 100.0 cm³/mol. The zero-order valence-electron chi connectivity index (χ0n) is 14.8. The number of guanidine groups is 1. The van der Waals surface area contributed by atoms with E-state index in [1.807, 2.05) is 55.3 Å². The number of rotatable bonds is 7. The molecule has 134 valence electrons. The highest BCUT2D eigenvalue weighted by Crippen LogP contribution is 2.07. The van der Waals surface area contributed by atoms with Crippen molar-refractivity contribution in [1.29, 1.82) is 0 Å². The van der Waals surface area contributed by atoms with Crippen molar-refractivity contribution >= 4 is 5.96 Å². The summed E-state index contributed by atoms with van der Waals surface area (Å²) in [5, 5.41) is 13.4. The van der Waals surface area contributed by atoms with Crippen LogP contribution >= 0.6 is 0 Å². The first-order valence-electron chi connectivity index (χ1n) is 8.54. The highest BCUT2D eigenvalue weighted by molar-refractivity contribution is 5.79. The van der Waals surface area contributed by atoms with Crippen molar-refractivity contribution in [3.05, 3.63) is 71.5 Å². The third-order valence-corrected chi connectivity index (χ3v) is 3.77. The Balaban J connectivity index is 1.96. The molecule has 0 saturated heterocycles. The van der Waals surface area contributed by atoms with Crippen molar-refractivity contribution in [3.63, 3.8) is 0 Å². The second kappa shape index (κ2) is 9.79. The van der Waals surface area contributed by atoms with Crippen LogP contribution in [0.1, 0.15) is 18.1 Å². The first-order valence-corrected chi connectivity index (χ1v) is 8.54. The normalized spacial score (nSPS) is 12.7. The van der Waals surface area contributed by atoms with Gasteiger partial charge in [0.1, 0.15) is 5.82 Å². The van der Waals surface area contributed by atoms with Gasteiger partial charge in [-0.2, -0.15) is 0 Å². The molecule has 0 amide bonds. The van der Waals surface area contributed by atoms with Gasteiger partial charge < -0.3 is 15.3 Å². The minimum atomic E-state index is -0.543. The smallest absolute Gasteiger partial charge is 0.194 e. The number of hydrogen-bond acceptors (Lipinski definition) is 2. The van der Waals surface area contributed by atoms with Crippen LogP contribution in [-0.4, -0.2) is 42.2 Å². The average Bonchev–Trinajstić information content (AvgIpc) is 2.59. The van der Waals surface area contributed by atoms with E-state index in [1.54, 1.807) is 6.07 Å². The Morgan fingerprint density at radius 2 is 1.88 bits per heavy atom. The third-order valence-electron chi connectivity index (χ3n) is 3.77. The first-order chi connectivity index (χ1) is 12.1. The summed E-state index contributed by atoms with van der Waals surface area (Å²) in [5.74, 6) is 0.449. The Bertz CT molecular complexity index is 676. The molecule has 1 atom stereocenters. The fourth-order valence-corrected chi connectivity index (χ4v) is 2.60. The quantitative estimate of drug-likeness (QED) is 0.600. The number of nitrogens with one attached hydrogen (secondary N) is 1. The van der Waals surface area contributed by atoms with Gasteiger partial charge in [-0.1, -0.05) is 42.5 Å². The molecule has 0 heterocycles. The van der Waals surface area contributed by atoms with Crippen molar-refractivity contribution in [1.82, 2.24) is 10.2 Å². The van der Waals surface area contributed by atoms with E-state index in [1.165, 1.54) is 12.1 Å². The van der Waals surface area contributed by atoms with Crippen molar-refractivity contribution in [2.75, 3.05) is 20.1 Å². The van der Waals surface area contributed by atoms with Gasteiger partial charge in [-0.15, -0.1) is 0 Å². The maximum Gasteiger partial charge on any atom is 0.194 e. The number of halogens is 1. The number of aliphatic hydroxyl groups is 1. The Morgan fingerprint density at radius 1 is 1.16 bits per heavy atom. The zero-order chi connectivity index (χ0) is 18.1. The lowest BCUT2D eigenvalue weighted by Gasteiger charge is -2.22. The van der Waals surface area contributed by atoms with Crippen molar-refractivity contribution < 1.29 is 9.50 Å². The van der Waals surface area contributed by atoms with Crippen molar-refractivity contribution in [2.24, 2.45) is 4.99 Å². The highest BCUT2D eigenvalue weighted by Gasteiger charge is 2.10. The molecule has 0 aromatic heterocycles. The number of aliphatic imine (C=N–C) groups is 1. The number of benzene rings is 2. The van der Waals surface area contributed by atoms with Crippen molar-refractivity contribution in [3.8, 4) is 0 Å². The Hall–Kier alpha value is -2.40. The predicted octanol–water partition coefficient (Wildman–Crippen LogP) is 2.83. The fourth-order valence-electron chi connectivity index (χ4n) is 2.60. The van der Waals surface area contributed by atoms with E-state index in [2.05, 4.69) is 10.3 Å². The van der Waals surface area contributed by atoms with E-state index in [4.69, 9.17) is 0 Å². The summed E-state index contributed by atoms with van der Waals surface area (Å²) in [7, 11) is 1.90. The molecule has 2 rings (SSSR count). The van der Waals surface area contributed by atoms with Gasteiger partial charge in [-0.05, 0) is 30.2 Å². The summed E-state index contributed by atoms with van der Waals surface area (Å²) in [6.45, 7) is 3.57. The lowest BCUT2D eigenvalue weighted by atomic mass is 10.1. The van der Waals surface area contributed by atoms with Crippen LogP contribution in [0.15, 0.2) is 59.6 Å². The molecule has 0 aliphatic carbocycles. The maximum atomic E-state index is 13.3. The fraction of sp³-hybridized carbons (Fsp3) is 0.350. The SMILES string of the molecule is CCNC(=NCC(O)Cc1ccccc1)N(C)Cc1cccc(F)c1. The summed E-state index contributed by atoms with van der Waals surface area (Å²) in [4.78, 5) is 6.44. The van der Waals surface area contributed by atoms with E-state index in [0.717, 1.165) is 17.7 Å². The number of hydrogen-bond donors (Lipinski definition) is 2. The average molecular weight is 343 g/mol. The van der Waals surface area contributed by atoms with Gasteiger partial charge in [0, 0.05) is 26.6 Å². The second-order valence-electron chi connectivity index (χ2n) is 6.02. The molecule has 0 fully saturated rings. The van der Waals surface area contributed by atoms with E-state index in [-0.39, 0.29) is 5.82 Å². The Kier molecular flexibility index (Phi) is 7.41. The molecule has 4 nitrogen and oxygen atoms in total. The van der Waals surface area contributed by atoms with Gasteiger partial charge in [-0.3, -0.25) is 4.99 Å². The van der Waals surface area contributed by atoms with Gasteiger partial charge >= 0.3 is 0 Å². The molecule has 2 N–H and O–H groups in total. The van der Waals surface area contributed by atoms with Gasteiger partial charge in [0.15, 0.2) is 5.96 Å². The summed E-state index contributed by atoms with van der Waals surface area (Å²) in [6, 6.07) is 16.4. The molecule has 0 aliphatic rings. The van der Waals surface area contributed by atoms with Crippen LogP contribution in [0.4, 0.5) is 4.39 Å². The van der Waals surface area contributed by atoms with Crippen LogP contribution in [0.25, 0.3) is 0 Å². The molecule has 0 spiro atoms. The molecule has 0 aliphatic heterocycles. The first kappa shape index (κ1) is 18.9. The number of aliphatic hydroxyl groups excluding tert-OH is 1. The van der Waals surface area contributed by atoms with Crippen LogP contribution in [0.5, 0.6) is 0 Å². The molecule has 2 aromatic carbocycles. The molecule has 0 bridgehead atoms. The minimum absolute atomic E-state index is 0.244. The van der Waals surface area contributed by atoms with Crippen LogP contribution < -0.4 is 5.32 Å². The monoisotopic (exact) mass is 343 g/mol. The summed E-state index contributed by atoms with van der Waals surface area (Å²) in [5.41, 5.74) is 1.96. The van der Waals surface area contributed by atoms with E-state index < -0.39 is 6.10 Å². The van der Waals surface area contributed by atoms with Crippen LogP contribution in [0, 0.1) is 5.82 Å². The minimum Gasteiger partial charge on any atom is -0.391 e. The second-order valence-corrected chi connectivity index (χ2v) is 6.02. The van der Waals surface area contributed by atoms with Gasteiger partial charge in [0.05, 0.1) is 12.6 Å². The van der Waals surface area contributed by atoms with E-state index in [0.29, 0.717) is 25.5 Å². The van der Waals surface area contributed by atoms with Gasteiger partial charge in [0.25, 0.3) is 0 Å². The molecule has 0 radical (unpaired) electrons. The van der Waals surface area contributed by atoms with E-state index in [9.17, 15) is 9.50 Å². The van der Waals surface area contributed by atoms with Crippen LogP contribution in [0.3, 0.4) is 0 Å². The summed E-state index contributed by atoms with van der Waals surface area (Å²) in [6.07, 6.45) is 0.0239. The Morgan fingerprint density at radius 3 is 2.56 bits per heavy atom. The molecular formula is C20H26FN3O. The topological polar surface area (TPSA) is 47.9 Å².